The molecule has 0 saturated heterocycles. The Labute approximate surface area is 159 Å². The highest BCUT2D eigenvalue weighted by Gasteiger charge is 2.30. The molecule has 0 N–H and O–H groups in total. The average Bonchev–Trinajstić information content (AvgIpc) is 2.60. The largest absolute Gasteiger partial charge is 0.416 e. The molecule has 0 aromatic heterocycles. The molecule has 0 heterocycles. The number of carbonyl (C=O) groups excluding carboxylic acids is 1. The summed E-state index contributed by atoms with van der Waals surface area (Å²) >= 11 is 0. The number of carbonyl (C=O) groups is 1. The van der Waals surface area contributed by atoms with Crippen molar-refractivity contribution in [1.82, 2.24) is 0 Å². The van der Waals surface area contributed by atoms with E-state index in [0.717, 1.165) is 24.3 Å². The Morgan fingerprint density at radius 2 is 1.43 bits per heavy atom. The first-order valence-electron chi connectivity index (χ1n) is 8.39. The molecular weight excluding hydrogens is 382 g/mol. The van der Waals surface area contributed by atoms with E-state index in [2.05, 4.69) is 0 Å². The van der Waals surface area contributed by atoms with Gasteiger partial charge >= 0.3 is 12.4 Å². The molecule has 0 fully saturated rings. The molecule has 0 aliphatic rings. The second-order valence-electron chi connectivity index (χ2n) is 6.02. The maximum absolute atomic E-state index is 12.3. The Morgan fingerprint density at radius 3 is 1.93 bits per heavy atom. The lowest BCUT2D eigenvalue weighted by Crippen LogP contribution is -2.05. The monoisotopic (exact) mass is 402 g/mol. The van der Waals surface area contributed by atoms with E-state index in [-0.39, 0.29) is 12.2 Å². The van der Waals surface area contributed by atoms with Gasteiger partial charge in [-0.25, -0.2) is 0 Å². The van der Waals surface area contributed by atoms with Crippen LogP contribution in [0.4, 0.5) is 26.3 Å². The van der Waals surface area contributed by atoms with Gasteiger partial charge in [-0.1, -0.05) is 42.5 Å². The Kier molecular flexibility index (Phi) is 8.47. The van der Waals surface area contributed by atoms with Crippen LogP contribution in [-0.2, 0) is 23.6 Å². The van der Waals surface area contributed by atoms with Crippen molar-refractivity contribution in [3.05, 3.63) is 76.9 Å². The fourth-order valence-electron chi connectivity index (χ4n) is 2.23. The molecule has 0 aliphatic carbocycles. The fraction of sp³-hybridized carbons (Fsp3) is 0.286. The van der Waals surface area contributed by atoms with Gasteiger partial charge < -0.3 is 4.79 Å². The van der Waals surface area contributed by atoms with E-state index in [1.807, 2.05) is 0 Å². The molecule has 7 heteroatoms. The van der Waals surface area contributed by atoms with E-state index in [9.17, 15) is 31.1 Å². The second-order valence-corrected chi connectivity index (χ2v) is 6.02. The molecule has 2 rings (SSSR count). The van der Waals surface area contributed by atoms with E-state index in [1.54, 1.807) is 31.2 Å². The number of halogens is 6. The smallest absolute Gasteiger partial charge is 0.300 e. The van der Waals surface area contributed by atoms with E-state index >= 15 is 0 Å². The zero-order valence-electron chi connectivity index (χ0n) is 15.4. The van der Waals surface area contributed by atoms with Gasteiger partial charge in [-0.2, -0.15) is 26.3 Å². The number of allylic oxidation sites excluding steroid dienone is 1. The third-order valence-corrected chi connectivity index (χ3v) is 3.59. The van der Waals surface area contributed by atoms with Crippen LogP contribution in [0.2, 0.25) is 0 Å². The molecule has 0 radical (unpaired) electrons. The summed E-state index contributed by atoms with van der Waals surface area (Å²) in [5.74, 6) is -0.0209. The predicted octanol–water partition coefficient (Wildman–Crippen LogP) is 6.97. The molecule has 2 aromatic carbocycles. The molecule has 0 unspecified atom stereocenters. The summed E-state index contributed by atoms with van der Waals surface area (Å²) in [5.41, 5.74) is -0.163. The summed E-state index contributed by atoms with van der Waals surface area (Å²) in [4.78, 5) is 10.7. The third kappa shape index (κ3) is 8.41. The van der Waals surface area contributed by atoms with Crippen molar-refractivity contribution in [3.8, 4) is 0 Å². The molecule has 0 saturated carbocycles. The zero-order valence-corrected chi connectivity index (χ0v) is 15.4. The normalized spacial score (nSPS) is 11.9. The molecule has 152 valence electrons. The van der Waals surface area contributed by atoms with Gasteiger partial charge in [-0.15, -0.1) is 0 Å². The van der Waals surface area contributed by atoms with Gasteiger partial charge in [0, 0.05) is 6.42 Å². The van der Waals surface area contributed by atoms with Gasteiger partial charge in [0.1, 0.15) is 5.78 Å². The van der Waals surface area contributed by atoms with Crippen LogP contribution >= 0.6 is 0 Å². The van der Waals surface area contributed by atoms with Gasteiger partial charge in [0.05, 0.1) is 11.1 Å². The number of rotatable bonds is 4. The van der Waals surface area contributed by atoms with Crippen molar-refractivity contribution in [2.24, 2.45) is 0 Å². The van der Waals surface area contributed by atoms with Gasteiger partial charge in [-0.05, 0) is 49.6 Å². The van der Waals surface area contributed by atoms with E-state index in [1.165, 1.54) is 19.1 Å². The lowest BCUT2D eigenvalue weighted by atomic mass is 10.1. The summed E-state index contributed by atoms with van der Waals surface area (Å²) in [5, 5.41) is 0. The Bertz CT molecular complexity index is 803. The number of Topliss-reactive ketones (excluding diaryl/α,β-unsaturated/α-hetero) is 1. The van der Waals surface area contributed by atoms with Crippen LogP contribution in [0.5, 0.6) is 0 Å². The van der Waals surface area contributed by atoms with Crippen LogP contribution < -0.4 is 0 Å². The van der Waals surface area contributed by atoms with Crippen molar-refractivity contribution in [2.45, 2.75) is 39.0 Å². The first kappa shape index (κ1) is 23.5. The first-order valence-corrected chi connectivity index (χ1v) is 8.39. The van der Waals surface area contributed by atoms with Crippen LogP contribution in [0.25, 0.3) is 6.08 Å². The summed E-state index contributed by atoms with van der Waals surface area (Å²) in [6.45, 7) is 3.19. The highest BCUT2D eigenvalue weighted by molar-refractivity contribution is 5.75. The number of aryl methyl sites for hydroxylation is 1. The molecule has 0 amide bonds. The quantitative estimate of drug-likeness (QED) is 0.505. The number of ketones is 1. The molecule has 2 aromatic rings. The highest BCUT2D eigenvalue weighted by Crippen LogP contribution is 2.30. The van der Waals surface area contributed by atoms with Gasteiger partial charge in [0.15, 0.2) is 0 Å². The average molecular weight is 402 g/mol. The molecular formula is C21H20F6O. The Morgan fingerprint density at radius 1 is 0.893 bits per heavy atom. The van der Waals surface area contributed by atoms with Crippen LogP contribution in [0.1, 0.15) is 42.5 Å². The number of hydrogen-bond acceptors (Lipinski definition) is 1. The number of benzene rings is 2. The first-order chi connectivity index (χ1) is 12.9. The zero-order chi connectivity index (χ0) is 21.4. The summed E-state index contributed by atoms with van der Waals surface area (Å²) < 4.78 is 73.5. The van der Waals surface area contributed by atoms with Crippen molar-refractivity contribution in [1.29, 1.82) is 0 Å². The van der Waals surface area contributed by atoms with Crippen LogP contribution in [0.15, 0.2) is 54.6 Å². The highest BCUT2D eigenvalue weighted by atomic mass is 19.4. The Hall–Kier alpha value is -2.57. The minimum atomic E-state index is -4.31. The van der Waals surface area contributed by atoms with Crippen LogP contribution in [-0.4, -0.2) is 5.78 Å². The molecule has 28 heavy (non-hydrogen) atoms. The predicted molar refractivity (Wildman–Crippen MR) is 96.6 cm³/mol. The lowest BCUT2D eigenvalue weighted by molar-refractivity contribution is -0.138. The van der Waals surface area contributed by atoms with Crippen molar-refractivity contribution in [2.75, 3.05) is 0 Å². The third-order valence-electron chi connectivity index (χ3n) is 3.59. The van der Waals surface area contributed by atoms with Crippen LogP contribution in [0, 0.1) is 0 Å². The minimum Gasteiger partial charge on any atom is -0.300 e. The molecule has 0 spiro atoms. The molecule has 0 atom stereocenters. The maximum atomic E-state index is 12.3. The standard InChI is InChI=1S/C11H11F3O.C10H9F3/c1-8(15)5-6-9-3-2-4-10(7-9)11(12,13)14;1-2-4-8-5-3-6-9(7-8)10(11,12)13/h2-4,7H,5-6H2,1H3;2-7H,1H3. The molecule has 1 nitrogen and oxygen atoms in total. The molecule has 0 bridgehead atoms. The van der Waals surface area contributed by atoms with Crippen molar-refractivity contribution in [3.63, 3.8) is 0 Å². The SMILES string of the molecule is CC(=O)CCc1cccc(C(F)(F)F)c1.CC=Cc1cccc(C(F)(F)F)c1. The lowest BCUT2D eigenvalue weighted by Gasteiger charge is -2.07. The summed E-state index contributed by atoms with van der Waals surface area (Å²) in [7, 11) is 0. The minimum absolute atomic E-state index is 0.0209. The van der Waals surface area contributed by atoms with E-state index in [4.69, 9.17) is 0 Å². The Balaban J connectivity index is 0.000000283. The molecule has 0 aliphatic heterocycles. The van der Waals surface area contributed by atoms with Gasteiger partial charge in [0.25, 0.3) is 0 Å². The second kappa shape index (κ2) is 10.1. The van der Waals surface area contributed by atoms with Crippen LogP contribution in [0.3, 0.4) is 0 Å². The topological polar surface area (TPSA) is 17.1 Å². The number of alkyl halides is 6. The van der Waals surface area contributed by atoms with Gasteiger partial charge in [-0.3, -0.25) is 0 Å². The maximum Gasteiger partial charge on any atom is 0.416 e. The van der Waals surface area contributed by atoms with Crippen molar-refractivity contribution >= 4 is 11.9 Å². The summed E-state index contributed by atoms with van der Waals surface area (Å²) in [6.07, 6.45) is -4.59. The van der Waals surface area contributed by atoms with E-state index < -0.39 is 23.5 Å². The van der Waals surface area contributed by atoms with Crippen molar-refractivity contribution < 1.29 is 31.1 Å². The summed E-state index contributed by atoms with van der Waals surface area (Å²) in [6, 6.07) is 10.3. The van der Waals surface area contributed by atoms with E-state index in [0.29, 0.717) is 17.5 Å². The fourth-order valence-corrected chi connectivity index (χ4v) is 2.23. The van der Waals surface area contributed by atoms with Gasteiger partial charge in [0.2, 0.25) is 0 Å². The number of hydrogen-bond donors (Lipinski definition) is 0.